The van der Waals surface area contributed by atoms with Crippen LogP contribution >= 0.6 is 11.8 Å². The van der Waals surface area contributed by atoms with Crippen LogP contribution in [0.3, 0.4) is 0 Å². The second kappa shape index (κ2) is 8.47. The molecule has 1 saturated heterocycles. The zero-order valence-corrected chi connectivity index (χ0v) is 18.2. The quantitative estimate of drug-likeness (QED) is 0.449. The van der Waals surface area contributed by atoms with E-state index in [0.29, 0.717) is 22.8 Å². The molecule has 1 N–H and O–H groups in total. The van der Waals surface area contributed by atoms with Gasteiger partial charge in [-0.1, -0.05) is 30.0 Å². The summed E-state index contributed by atoms with van der Waals surface area (Å²) >= 11 is 1.09. The minimum absolute atomic E-state index is 0.0230. The molecule has 2 aromatic heterocycles. The van der Waals surface area contributed by atoms with Gasteiger partial charge in [0.1, 0.15) is 16.5 Å². The van der Waals surface area contributed by atoms with Gasteiger partial charge in [-0.05, 0) is 36.4 Å². The lowest BCUT2D eigenvalue weighted by Gasteiger charge is -2.15. The summed E-state index contributed by atoms with van der Waals surface area (Å²) < 4.78 is 5.83. The van der Waals surface area contributed by atoms with Crippen LogP contribution in [0.4, 0.5) is 11.4 Å². The highest BCUT2D eigenvalue weighted by molar-refractivity contribution is 8.00. The Balaban J connectivity index is 1.34. The summed E-state index contributed by atoms with van der Waals surface area (Å²) in [5.41, 5.74) is 2.25. The third-order valence-corrected chi connectivity index (χ3v) is 6.05. The predicted molar refractivity (Wildman–Crippen MR) is 123 cm³/mol. The Kier molecular flexibility index (Phi) is 5.35. The molecule has 10 heteroatoms. The summed E-state index contributed by atoms with van der Waals surface area (Å²) in [7, 11) is 0. The summed E-state index contributed by atoms with van der Waals surface area (Å²) in [4.78, 5) is 42.4. The lowest BCUT2D eigenvalue weighted by atomic mass is 10.2. The van der Waals surface area contributed by atoms with Crippen LogP contribution in [0.1, 0.15) is 13.3 Å². The van der Waals surface area contributed by atoms with Gasteiger partial charge >= 0.3 is 0 Å². The topological polar surface area (TPSA) is 118 Å². The molecule has 1 aliphatic heterocycles. The standard InChI is InChI=1S/C23H17N5O4S/c1-13(29)25-15-6-8-16(9-7-15)28-21(30)11-20(22(28)31)33-23-26-17(12-24-27-23)19-10-14-4-2-3-5-18(14)32-19/h2-10,12,20H,11H2,1H3,(H,25,29). The van der Waals surface area contributed by atoms with E-state index in [-0.39, 0.29) is 29.3 Å². The molecule has 1 aliphatic rings. The number of amides is 3. The van der Waals surface area contributed by atoms with Crippen LogP contribution in [0.25, 0.3) is 22.4 Å². The van der Waals surface area contributed by atoms with Crippen LogP contribution in [0.15, 0.2) is 70.4 Å². The van der Waals surface area contributed by atoms with Crippen molar-refractivity contribution in [2.24, 2.45) is 0 Å². The maximum absolute atomic E-state index is 13.0. The van der Waals surface area contributed by atoms with Gasteiger partial charge in [-0.2, -0.15) is 5.10 Å². The Bertz CT molecular complexity index is 1350. The van der Waals surface area contributed by atoms with Gasteiger partial charge in [0, 0.05) is 24.4 Å². The van der Waals surface area contributed by atoms with E-state index in [4.69, 9.17) is 4.42 Å². The van der Waals surface area contributed by atoms with Crippen LogP contribution < -0.4 is 10.2 Å². The summed E-state index contributed by atoms with van der Waals surface area (Å²) in [6, 6.07) is 16.0. The number of hydrogen-bond acceptors (Lipinski definition) is 8. The van der Waals surface area contributed by atoms with E-state index in [9.17, 15) is 14.4 Å². The highest BCUT2D eigenvalue weighted by Crippen LogP contribution is 2.34. The molecule has 1 atom stereocenters. The van der Waals surface area contributed by atoms with Gasteiger partial charge in [-0.15, -0.1) is 5.10 Å². The molecule has 1 fully saturated rings. The maximum atomic E-state index is 13.0. The Morgan fingerprint density at radius 3 is 2.70 bits per heavy atom. The average molecular weight is 459 g/mol. The Morgan fingerprint density at radius 2 is 1.94 bits per heavy atom. The number of anilines is 2. The Morgan fingerprint density at radius 1 is 1.15 bits per heavy atom. The molecule has 1 unspecified atom stereocenters. The van der Waals surface area contributed by atoms with Crippen molar-refractivity contribution in [3.05, 3.63) is 60.8 Å². The van der Waals surface area contributed by atoms with Crippen molar-refractivity contribution >= 4 is 51.8 Å². The second-order valence-electron chi connectivity index (χ2n) is 7.38. The van der Waals surface area contributed by atoms with E-state index in [2.05, 4.69) is 20.5 Å². The first-order valence-corrected chi connectivity index (χ1v) is 11.0. The molecule has 0 radical (unpaired) electrons. The van der Waals surface area contributed by atoms with E-state index in [1.807, 2.05) is 30.3 Å². The Hall–Kier alpha value is -4.05. The molecule has 0 aliphatic carbocycles. The lowest BCUT2D eigenvalue weighted by molar-refractivity contribution is -0.121. The van der Waals surface area contributed by atoms with Crippen LogP contribution in [0.2, 0.25) is 0 Å². The van der Waals surface area contributed by atoms with Crippen molar-refractivity contribution in [1.82, 2.24) is 15.2 Å². The molecule has 164 valence electrons. The van der Waals surface area contributed by atoms with Gasteiger partial charge in [0.25, 0.3) is 0 Å². The highest BCUT2D eigenvalue weighted by Gasteiger charge is 2.40. The lowest BCUT2D eigenvalue weighted by Crippen LogP contribution is -2.31. The normalized spacial score (nSPS) is 15.9. The highest BCUT2D eigenvalue weighted by atomic mass is 32.2. The third-order valence-electron chi connectivity index (χ3n) is 5.02. The predicted octanol–water partition coefficient (Wildman–Crippen LogP) is 3.67. The van der Waals surface area contributed by atoms with Gasteiger partial charge in [-0.25, -0.2) is 9.88 Å². The molecule has 0 bridgehead atoms. The smallest absolute Gasteiger partial charge is 0.247 e. The van der Waals surface area contributed by atoms with Crippen molar-refractivity contribution in [3.63, 3.8) is 0 Å². The summed E-state index contributed by atoms with van der Waals surface area (Å²) in [5, 5.41) is 11.2. The maximum Gasteiger partial charge on any atom is 0.247 e. The van der Waals surface area contributed by atoms with E-state index < -0.39 is 5.25 Å². The molecule has 5 rings (SSSR count). The molecule has 3 heterocycles. The van der Waals surface area contributed by atoms with Crippen molar-refractivity contribution in [2.45, 2.75) is 23.8 Å². The number of nitrogens with zero attached hydrogens (tertiary/aromatic N) is 4. The number of nitrogens with one attached hydrogen (secondary N) is 1. The summed E-state index contributed by atoms with van der Waals surface area (Å²) in [5.74, 6) is -0.324. The van der Waals surface area contributed by atoms with Crippen LogP contribution in [0, 0.1) is 0 Å². The van der Waals surface area contributed by atoms with E-state index in [0.717, 1.165) is 27.6 Å². The minimum atomic E-state index is -0.666. The number of fused-ring (bicyclic) bond motifs is 1. The molecule has 33 heavy (non-hydrogen) atoms. The first-order valence-electron chi connectivity index (χ1n) is 10.1. The number of hydrogen-bond donors (Lipinski definition) is 1. The molecular formula is C23H17N5O4S. The monoisotopic (exact) mass is 459 g/mol. The molecule has 0 spiro atoms. The van der Waals surface area contributed by atoms with Crippen molar-refractivity contribution in [3.8, 4) is 11.5 Å². The molecule has 2 aromatic carbocycles. The zero-order valence-electron chi connectivity index (χ0n) is 17.4. The zero-order chi connectivity index (χ0) is 22.9. The second-order valence-corrected chi connectivity index (χ2v) is 8.55. The fourth-order valence-corrected chi connectivity index (χ4v) is 4.49. The molecule has 4 aromatic rings. The number of thioether (sulfide) groups is 1. The van der Waals surface area contributed by atoms with Crippen molar-refractivity contribution in [2.75, 3.05) is 10.2 Å². The SMILES string of the molecule is CC(=O)Nc1ccc(N2C(=O)CC(Sc3nncc(-c4cc5ccccc5o4)n3)C2=O)cc1. The Labute approximate surface area is 192 Å². The third kappa shape index (κ3) is 4.20. The summed E-state index contributed by atoms with van der Waals surface area (Å²) in [6.07, 6.45) is 1.52. The fourth-order valence-electron chi connectivity index (χ4n) is 3.56. The van der Waals surface area contributed by atoms with E-state index in [1.165, 1.54) is 13.1 Å². The number of aromatic nitrogens is 3. The number of rotatable bonds is 5. The van der Waals surface area contributed by atoms with Crippen molar-refractivity contribution < 1.29 is 18.8 Å². The average Bonchev–Trinajstić information content (AvgIpc) is 3.35. The number of carbonyl (C=O) groups is 3. The molecule has 9 nitrogen and oxygen atoms in total. The van der Waals surface area contributed by atoms with Crippen LogP contribution in [0.5, 0.6) is 0 Å². The van der Waals surface area contributed by atoms with Gasteiger partial charge in [0.15, 0.2) is 5.76 Å². The van der Waals surface area contributed by atoms with Gasteiger partial charge in [0.05, 0.1) is 11.9 Å². The first kappa shape index (κ1) is 20.8. The fraction of sp³-hybridized carbons (Fsp3) is 0.130. The summed E-state index contributed by atoms with van der Waals surface area (Å²) in [6.45, 7) is 1.41. The number of furan rings is 1. The molecule has 3 amide bonds. The molecule has 0 saturated carbocycles. The van der Waals surface area contributed by atoms with Crippen LogP contribution in [-0.4, -0.2) is 38.2 Å². The van der Waals surface area contributed by atoms with Crippen molar-refractivity contribution in [1.29, 1.82) is 0 Å². The number of carbonyl (C=O) groups excluding carboxylic acids is 3. The van der Waals surface area contributed by atoms with Crippen LogP contribution in [-0.2, 0) is 14.4 Å². The van der Waals surface area contributed by atoms with Gasteiger partial charge in [0.2, 0.25) is 22.9 Å². The van der Waals surface area contributed by atoms with Gasteiger partial charge < -0.3 is 9.73 Å². The first-order chi connectivity index (χ1) is 16.0. The number of benzene rings is 2. The number of para-hydroxylation sites is 1. The number of imide groups is 1. The van der Waals surface area contributed by atoms with E-state index in [1.54, 1.807) is 24.3 Å². The van der Waals surface area contributed by atoms with Gasteiger partial charge in [-0.3, -0.25) is 14.4 Å². The van der Waals surface area contributed by atoms with E-state index >= 15 is 0 Å². The minimum Gasteiger partial charge on any atom is -0.454 e. The molecular weight excluding hydrogens is 442 g/mol. The largest absolute Gasteiger partial charge is 0.454 e.